The highest BCUT2D eigenvalue weighted by Gasteiger charge is 2.18. The van der Waals surface area contributed by atoms with Gasteiger partial charge in [-0.3, -0.25) is 4.79 Å². The molecule has 0 saturated heterocycles. The van der Waals surface area contributed by atoms with Crippen LogP contribution in [-0.4, -0.2) is 44.6 Å². The fourth-order valence-electron chi connectivity index (χ4n) is 1.41. The summed E-state index contributed by atoms with van der Waals surface area (Å²) in [6, 6.07) is -0.798. The summed E-state index contributed by atoms with van der Waals surface area (Å²) in [6.45, 7) is 0.501. The molecule has 1 aromatic heterocycles. The quantitative estimate of drug-likeness (QED) is 0.723. The Morgan fingerprint density at radius 1 is 1.56 bits per heavy atom. The summed E-state index contributed by atoms with van der Waals surface area (Å²) in [5.74, 6) is -0.532. The molecule has 1 aromatic rings. The van der Waals surface area contributed by atoms with Crippen molar-refractivity contribution in [2.24, 2.45) is 0 Å². The van der Waals surface area contributed by atoms with E-state index in [0.717, 1.165) is 0 Å². The van der Waals surface area contributed by atoms with Crippen molar-refractivity contribution < 1.29 is 14.7 Å². The van der Waals surface area contributed by atoms with Crippen LogP contribution in [0, 0.1) is 0 Å². The van der Waals surface area contributed by atoms with Gasteiger partial charge < -0.3 is 15.0 Å². The second kappa shape index (κ2) is 7.75. The van der Waals surface area contributed by atoms with Crippen molar-refractivity contribution >= 4 is 23.6 Å². The van der Waals surface area contributed by atoms with E-state index in [2.05, 4.69) is 10.3 Å². The van der Waals surface area contributed by atoms with Gasteiger partial charge >= 0.3 is 5.97 Å². The van der Waals surface area contributed by atoms with Crippen LogP contribution in [0.2, 0.25) is 0 Å². The molecular formula is C11H17N3O3S. The maximum atomic E-state index is 11.6. The Labute approximate surface area is 110 Å². The zero-order chi connectivity index (χ0) is 13.4. The van der Waals surface area contributed by atoms with Crippen molar-refractivity contribution in [2.75, 3.05) is 12.0 Å². The molecule has 1 atom stereocenters. The molecule has 0 saturated carbocycles. The third-order valence-corrected chi connectivity index (χ3v) is 3.04. The number of aliphatic carboxylic acids is 1. The molecule has 100 valence electrons. The largest absolute Gasteiger partial charge is 0.480 e. The van der Waals surface area contributed by atoms with E-state index in [0.29, 0.717) is 18.7 Å². The van der Waals surface area contributed by atoms with Crippen molar-refractivity contribution in [3.8, 4) is 0 Å². The van der Waals surface area contributed by atoms with Gasteiger partial charge in [0.2, 0.25) is 5.91 Å². The number of amides is 1. The van der Waals surface area contributed by atoms with Crippen LogP contribution >= 0.6 is 11.8 Å². The number of carbonyl (C=O) groups excluding carboxylic acids is 1. The fourth-order valence-corrected chi connectivity index (χ4v) is 1.88. The first-order valence-corrected chi connectivity index (χ1v) is 6.99. The molecule has 0 bridgehead atoms. The molecule has 7 heteroatoms. The number of aromatic nitrogens is 2. The predicted octanol–water partition coefficient (Wildman–Crippen LogP) is 0.596. The van der Waals surface area contributed by atoms with Gasteiger partial charge in [0.05, 0.1) is 6.33 Å². The Balaban J connectivity index is 2.34. The van der Waals surface area contributed by atoms with E-state index in [4.69, 9.17) is 5.11 Å². The average Bonchev–Trinajstić information content (AvgIpc) is 2.84. The number of carboxylic acid groups (broad SMARTS) is 1. The van der Waals surface area contributed by atoms with Gasteiger partial charge in [-0.25, -0.2) is 9.78 Å². The molecule has 0 aromatic carbocycles. The fraction of sp³-hybridized carbons (Fsp3) is 0.545. The lowest BCUT2D eigenvalue weighted by Gasteiger charge is -2.13. The minimum Gasteiger partial charge on any atom is -0.480 e. The lowest BCUT2D eigenvalue weighted by Crippen LogP contribution is -2.41. The van der Waals surface area contributed by atoms with Crippen LogP contribution < -0.4 is 5.32 Å². The summed E-state index contributed by atoms with van der Waals surface area (Å²) < 4.78 is 1.78. The van der Waals surface area contributed by atoms with Crippen molar-refractivity contribution in [2.45, 2.75) is 25.4 Å². The number of hydrogen-bond donors (Lipinski definition) is 2. The van der Waals surface area contributed by atoms with Gasteiger partial charge in [-0.1, -0.05) is 0 Å². The summed E-state index contributed by atoms with van der Waals surface area (Å²) in [6.07, 6.45) is 7.61. The minimum absolute atomic E-state index is 0.249. The molecule has 1 amide bonds. The Morgan fingerprint density at radius 3 is 2.89 bits per heavy atom. The smallest absolute Gasteiger partial charge is 0.326 e. The Morgan fingerprint density at radius 2 is 2.33 bits per heavy atom. The lowest BCUT2D eigenvalue weighted by atomic mass is 10.2. The number of thioether (sulfide) groups is 1. The summed E-state index contributed by atoms with van der Waals surface area (Å²) in [5, 5.41) is 11.5. The number of carbonyl (C=O) groups is 2. The molecular weight excluding hydrogens is 254 g/mol. The van der Waals surface area contributed by atoms with Gasteiger partial charge in [-0.05, 0) is 18.4 Å². The third-order valence-electron chi connectivity index (χ3n) is 2.40. The summed E-state index contributed by atoms with van der Waals surface area (Å²) in [5.41, 5.74) is 0. The Kier molecular flexibility index (Phi) is 6.27. The van der Waals surface area contributed by atoms with Crippen molar-refractivity contribution in [1.29, 1.82) is 0 Å². The van der Waals surface area contributed by atoms with Gasteiger partial charge in [0.15, 0.2) is 0 Å². The van der Waals surface area contributed by atoms with Crippen molar-refractivity contribution in [1.82, 2.24) is 14.9 Å². The van der Waals surface area contributed by atoms with E-state index in [-0.39, 0.29) is 12.3 Å². The molecule has 1 heterocycles. The van der Waals surface area contributed by atoms with Crippen LogP contribution in [0.15, 0.2) is 18.7 Å². The van der Waals surface area contributed by atoms with Crippen LogP contribution in [-0.2, 0) is 16.1 Å². The molecule has 6 nitrogen and oxygen atoms in total. The molecule has 0 aliphatic rings. The molecule has 0 aliphatic carbocycles. The molecule has 0 unspecified atom stereocenters. The number of rotatable bonds is 8. The second-order valence-corrected chi connectivity index (χ2v) is 4.78. The number of carboxylic acids is 1. The molecule has 18 heavy (non-hydrogen) atoms. The third kappa shape index (κ3) is 5.22. The number of aryl methyl sites for hydroxylation is 1. The van der Waals surface area contributed by atoms with Gasteiger partial charge in [-0.2, -0.15) is 11.8 Å². The SMILES string of the molecule is CSCC[C@H](NC(=O)CCn1ccnc1)C(=O)O. The summed E-state index contributed by atoms with van der Waals surface area (Å²) in [4.78, 5) is 26.4. The summed E-state index contributed by atoms with van der Waals surface area (Å²) >= 11 is 1.56. The number of nitrogens with one attached hydrogen (secondary N) is 1. The van der Waals surface area contributed by atoms with Crippen LogP contribution in [0.5, 0.6) is 0 Å². The lowest BCUT2D eigenvalue weighted by molar-refractivity contribution is -0.141. The molecule has 2 N–H and O–H groups in total. The zero-order valence-electron chi connectivity index (χ0n) is 10.2. The summed E-state index contributed by atoms with van der Waals surface area (Å²) in [7, 11) is 0. The normalized spacial score (nSPS) is 12.1. The number of nitrogens with zero attached hydrogens (tertiary/aromatic N) is 2. The van der Waals surface area contributed by atoms with Gasteiger partial charge in [0.25, 0.3) is 0 Å². The van der Waals surface area contributed by atoms with Crippen LogP contribution in [0.3, 0.4) is 0 Å². The van der Waals surface area contributed by atoms with E-state index in [1.807, 2.05) is 6.26 Å². The van der Waals surface area contributed by atoms with E-state index in [1.54, 1.807) is 35.0 Å². The van der Waals surface area contributed by atoms with Gasteiger partial charge in [-0.15, -0.1) is 0 Å². The first-order chi connectivity index (χ1) is 8.63. The number of hydrogen-bond acceptors (Lipinski definition) is 4. The topological polar surface area (TPSA) is 84.2 Å². The maximum absolute atomic E-state index is 11.6. The zero-order valence-corrected chi connectivity index (χ0v) is 11.0. The van der Waals surface area contributed by atoms with Crippen LogP contribution in [0.1, 0.15) is 12.8 Å². The number of imidazole rings is 1. The second-order valence-electron chi connectivity index (χ2n) is 3.79. The predicted molar refractivity (Wildman–Crippen MR) is 69.4 cm³/mol. The van der Waals surface area contributed by atoms with E-state index in [1.165, 1.54) is 0 Å². The van der Waals surface area contributed by atoms with E-state index in [9.17, 15) is 9.59 Å². The van der Waals surface area contributed by atoms with Crippen molar-refractivity contribution in [3.63, 3.8) is 0 Å². The monoisotopic (exact) mass is 271 g/mol. The average molecular weight is 271 g/mol. The first-order valence-electron chi connectivity index (χ1n) is 5.60. The molecule has 0 spiro atoms. The van der Waals surface area contributed by atoms with Crippen LogP contribution in [0.4, 0.5) is 0 Å². The molecule has 0 radical (unpaired) electrons. The van der Waals surface area contributed by atoms with Crippen molar-refractivity contribution in [3.05, 3.63) is 18.7 Å². The standard InChI is InChI=1S/C11H17N3O3S/c1-18-7-3-9(11(16)17)13-10(15)2-5-14-6-4-12-8-14/h4,6,8-9H,2-3,5,7H2,1H3,(H,13,15)(H,16,17)/t9-/m0/s1. The minimum atomic E-state index is -0.986. The van der Waals surface area contributed by atoms with E-state index >= 15 is 0 Å². The van der Waals surface area contributed by atoms with E-state index < -0.39 is 12.0 Å². The first kappa shape index (κ1) is 14.6. The molecule has 1 rings (SSSR count). The van der Waals surface area contributed by atoms with Gasteiger partial charge in [0, 0.05) is 25.4 Å². The van der Waals surface area contributed by atoms with Gasteiger partial charge in [0.1, 0.15) is 6.04 Å². The highest BCUT2D eigenvalue weighted by Crippen LogP contribution is 2.01. The Bertz CT molecular complexity index is 381. The molecule has 0 aliphatic heterocycles. The van der Waals surface area contributed by atoms with Crippen LogP contribution in [0.25, 0.3) is 0 Å². The highest BCUT2D eigenvalue weighted by atomic mass is 32.2. The maximum Gasteiger partial charge on any atom is 0.326 e. The Hall–Kier alpha value is -1.50. The molecule has 0 fully saturated rings. The highest BCUT2D eigenvalue weighted by molar-refractivity contribution is 7.98.